The number of rotatable bonds is 9. The Kier molecular flexibility index (Phi) is 10.8. The van der Waals surface area contributed by atoms with Crippen LogP contribution in [0.2, 0.25) is 0 Å². The van der Waals surface area contributed by atoms with Gasteiger partial charge in [-0.15, -0.1) is 0 Å². The van der Waals surface area contributed by atoms with Crippen molar-refractivity contribution in [2.45, 2.75) is 0 Å². The maximum absolute atomic E-state index is 5.10. The summed E-state index contributed by atoms with van der Waals surface area (Å²) in [4.78, 5) is 15.2. The molecule has 16 rings (SSSR count). The summed E-state index contributed by atoms with van der Waals surface area (Å²) in [5.74, 6) is 1.88. The summed E-state index contributed by atoms with van der Waals surface area (Å²) >= 11 is 0. The maximum atomic E-state index is 5.10. The van der Waals surface area contributed by atoms with Crippen molar-refractivity contribution in [3.63, 3.8) is 0 Å². The van der Waals surface area contributed by atoms with Crippen molar-refractivity contribution in [2.24, 2.45) is 0 Å². The van der Waals surface area contributed by atoms with Crippen LogP contribution in [-0.2, 0) is 0 Å². The first-order valence-electron chi connectivity index (χ1n) is 27.5. The van der Waals surface area contributed by atoms with E-state index in [-0.39, 0.29) is 0 Å². The third-order valence-corrected chi connectivity index (χ3v) is 16.1. The average Bonchev–Trinajstić information content (AvgIpc) is 4.41. The van der Waals surface area contributed by atoms with Crippen LogP contribution in [0.25, 0.3) is 150 Å². The lowest BCUT2D eigenvalue weighted by Crippen LogP contribution is -2.00. The fourth-order valence-electron chi connectivity index (χ4n) is 12.3. The van der Waals surface area contributed by atoms with E-state index in [9.17, 15) is 0 Å². The first-order valence-corrected chi connectivity index (χ1v) is 27.5. The maximum Gasteiger partial charge on any atom is 0.164 e. The minimum atomic E-state index is 0.617. The molecule has 0 fully saturated rings. The highest BCUT2D eigenvalue weighted by Crippen LogP contribution is 2.42. The molecule has 16 aromatic rings. The summed E-state index contributed by atoms with van der Waals surface area (Å²) in [6, 6.07) is 105. The Morgan fingerprint density at radius 3 is 1.11 bits per heavy atom. The van der Waals surface area contributed by atoms with Gasteiger partial charge >= 0.3 is 0 Å². The van der Waals surface area contributed by atoms with Crippen LogP contribution in [0.5, 0.6) is 0 Å². The number of aromatic nitrogens is 6. The summed E-state index contributed by atoms with van der Waals surface area (Å²) in [6.45, 7) is 0. The number of hydrogen-bond donors (Lipinski definition) is 0. The number of fused-ring (bicyclic) bond motifs is 9. The molecule has 6 nitrogen and oxygen atoms in total. The van der Waals surface area contributed by atoms with E-state index in [4.69, 9.17) is 15.0 Å². The topological polar surface area (TPSA) is 53.5 Å². The minimum absolute atomic E-state index is 0.617. The molecule has 81 heavy (non-hydrogen) atoms. The van der Waals surface area contributed by atoms with Gasteiger partial charge in [-0.3, -0.25) is 0 Å². The Labute approximate surface area is 467 Å². The summed E-state index contributed by atoms with van der Waals surface area (Å²) in [5.41, 5.74) is 19.9. The lowest BCUT2D eigenvalue weighted by molar-refractivity contribution is 1.07. The molecule has 0 unspecified atom stereocenters. The van der Waals surface area contributed by atoms with Crippen molar-refractivity contribution in [1.82, 2.24) is 28.7 Å². The molecular weight excluding hydrogens is 985 g/mol. The zero-order valence-electron chi connectivity index (χ0n) is 43.9. The van der Waals surface area contributed by atoms with Gasteiger partial charge in [0.1, 0.15) is 0 Å². The van der Waals surface area contributed by atoms with Gasteiger partial charge in [0, 0.05) is 65.9 Å². The Bertz CT molecular complexity index is 5000. The van der Waals surface area contributed by atoms with E-state index in [1.807, 2.05) is 60.7 Å². The highest BCUT2D eigenvalue weighted by molar-refractivity contribution is 6.13. The van der Waals surface area contributed by atoms with Crippen LogP contribution < -0.4 is 0 Å². The SMILES string of the molecule is c1ccc(-c2nc(-c3ccccc3)nc(-c3cccc(-c4ccc(-c5cccc(-n6c7ccccc7c7cc(-c8ccc9c(c8)c8ccccc8n9-c8ccccc8)ccc76)c5)c(-n5c6ccccc6c6ccccc65)c4)c3)n2)cc1. The molecule has 0 aliphatic heterocycles. The van der Waals surface area contributed by atoms with E-state index < -0.39 is 0 Å². The Balaban J connectivity index is 0.835. The average molecular weight is 1030 g/mol. The Morgan fingerprint density at radius 1 is 0.198 bits per heavy atom. The first kappa shape index (κ1) is 46.2. The van der Waals surface area contributed by atoms with Gasteiger partial charge in [-0.25, -0.2) is 15.0 Å². The van der Waals surface area contributed by atoms with Gasteiger partial charge in [0.15, 0.2) is 17.5 Å². The van der Waals surface area contributed by atoms with Crippen LogP contribution in [0, 0.1) is 0 Å². The van der Waals surface area contributed by atoms with Crippen molar-refractivity contribution in [3.8, 4) is 84.6 Å². The van der Waals surface area contributed by atoms with Crippen LogP contribution in [0.3, 0.4) is 0 Å². The largest absolute Gasteiger partial charge is 0.309 e. The van der Waals surface area contributed by atoms with Crippen LogP contribution in [0.1, 0.15) is 0 Å². The summed E-state index contributed by atoms with van der Waals surface area (Å²) in [5, 5.41) is 7.32. The van der Waals surface area contributed by atoms with Gasteiger partial charge in [0.2, 0.25) is 0 Å². The molecule has 378 valence electrons. The highest BCUT2D eigenvalue weighted by atomic mass is 15.0. The molecule has 0 bridgehead atoms. The molecule has 0 amide bonds. The highest BCUT2D eigenvalue weighted by Gasteiger charge is 2.21. The van der Waals surface area contributed by atoms with E-state index in [2.05, 4.69) is 244 Å². The first-order chi connectivity index (χ1) is 40.2. The van der Waals surface area contributed by atoms with Crippen LogP contribution >= 0.6 is 0 Å². The summed E-state index contributed by atoms with van der Waals surface area (Å²) < 4.78 is 7.26. The normalized spacial score (nSPS) is 11.7. The standard InChI is InChI=1S/C75H48N6/c1-4-20-49(21-5-1)73-76-74(50-22-6-2-7-23-50)78-75(77-73)56-26-18-24-51(44-56)54-38-41-59(72(48-54)81-68-36-16-10-30-60(68)61-31-11-17-37-69(61)81)55-25-19-29-58(45-55)80-67-35-15-13-33-63(67)65-47-53(40-43-71(65)80)52-39-42-70-64(46-52)62-32-12-14-34-66(62)79(70)57-27-8-3-9-28-57/h1-48H. The summed E-state index contributed by atoms with van der Waals surface area (Å²) in [7, 11) is 0. The molecular formula is C75H48N6. The number of hydrogen-bond acceptors (Lipinski definition) is 3. The molecule has 0 radical (unpaired) electrons. The predicted molar refractivity (Wildman–Crippen MR) is 335 cm³/mol. The molecule has 4 aromatic heterocycles. The lowest BCUT2D eigenvalue weighted by Gasteiger charge is -2.18. The third-order valence-electron chi connectivity index (χ3n) is 16.1. The monoisotopic (exact) mass is 1030 g/mol. The van der Waals surface area contributed by atoms with Gasteiger partial charge in [0.05, 0.1) is 38.8 Å². The molecule has 0 saturated carbocycles. The Morgan fingerprint density at radius 2 is 0.556 bits per heavy atom. The van der Waals surface area contributed by atoms with Gasteiger partial charge in [-0.05, 0) is 113 Å². The second-order valence-corrected chi connectivity index (χ2v) is 20.8. The van der Waals surface area contributed by atoms with Gasteiger partial charge in [-0.1, -0.05) is 206 Å². The van der Waals surface area contributed by atoms with Gasteiger partial charge in [-0.2, -0.15) is 0 Å². The van der Waals surface area contributed by atoms with E-state index in [1.165, 1.54) is 54.5 Å². The molecule has 4 heterocycles. The molecule has 0 N–H and O–H groups in total. The van der Waals surface area contributed by atoms with Crippen molar-refractivity contribution >= 4 is 65.4 Å². The molecule has 0 spiro atoms. The fraction of sp³-hybridized carbons (Fsp3) is 0. The van der Waals surface area contributed by atoms with Crippen LogP contribution in [0.15, 0.2) is 291 Å². The molecule has 0 aliphatic carbocycles. The van der Waals surface area contributed by atoms with E-state index in [0.717, 1.165) is 78.1 Å². The lowest BCUT2D eigenvalue weighted by atomic mass is 9.96. The second kappa shape index (κ2) is 18.9. The fourth-order valence-corrected chi connectivity index (χ4v) is 12.3. The molecule has 6 heteroatoms. The smallest absolute Gasteiger partial charge is 0.164 e. The zero-order valence-corrected chi connectivity index (χ0v) is 43.9. The van der Waals surface area contributed by atoms with E-state index in [0.29, 0.717) is 17.5 Å². The Hall–Kier alpha value is -11.0. The zero-order chi connectivity index (χ0) is 53.4. The molecule has 12 aromatic carbocycles. The molecule has 0 aliphatic rings. The third kappa shape index (κ3) is 7.76. The molecule has 0 saturated heterocycles. The van der Waals surface area contributed by atoms with Gasteiger partial charge < -0.3 is 13.7 Å². The van der Waals surface area contributed by atoms with E-state index >= 15 is 0 Å². The van der Waals surface area contributed by atoms with Crippen LogP contribution in [-0.4, -0.2) is 28.7 Å². The van der Waals surface area contributed by atoms with E-state index in [1.54, 1.807) is 0 Å². The van der Waals surface area contributed by atoms with Crippen molar-refractivity contribution in [2.75, 3.05) is 0 Å². The van der Waals surface area contributed by atoms with Gasteiger partial charge in [0.25, 0.3) is 0 Å². The van der Waals surface area contributed by atoms with Crippen molar-refractivity contribution in [3.05, 3.63) is 291 Å². The van der Waals surface area contributed by atoms with Crippen LogP contribution in [0.4, 0.5) is 0 Å². The number of para-hydroxylation sites is 5. The molecule has 0 atom stereocenters. The number of nitrogens with zero attached hydrogens (tertiary/aromatic N) is 6. The predicted octanol–water partition coefficient (Wildman–Crippen LogP) is 19.2. The minimum Gasteiger partial charge on any atom is -0.309 e. The van der Waals surface area contributed by atoms with Crippen molar-refractivity contribution < 1.29 is 0 Å². The number of benzene rings is 12. The van der Waals surface area contributed by atoms with Crippen molar-refractivity contribution in [1.29, 1.82) is 0 Å². The summed E-state index contributed by atoms with van der Waals surface area (Å²) in [6.07, 6.45) is 0. The second-order valence-electron chi connectivity index (χ2n) is 20.8. The quantitative estimate of drug-likeness (QED) is 0.145.